The number of nitrogens with one attached hydrogen (secondary N) is 2. The van der Waals surface area contributed by atoms with Crippen LogP contribution >= 0.6 is 0 Å². The van der Waals surface area contributed by atoms with Gasteiger partial charge in [-0.15, -0.1) is 0 Å². The van der Waals surface area contributed by atoms with Crippen LogP contribution in [0.5, 0.6) is 0 Å². The number of amides is 4. The van der Waals surface area contributed by atoms with E-state index in [9.17, 15) is 19.2 Å². The van der Waals surface area contributed by atoms with Crippen molar-refractivity contribution in [3.05, 3.63) is 59.5 Å². The molecule has 232 valence electrons. The first-order valence-corrected chi connectivity index (χ1v) is 16.2. The number of imide groups is 2. The van der Waals surface area contributed by atoms with Gasteiger partial charge in [-0.05, 0) is 88.1 Å². The van der Waals surface area contributed by atoms with Crippen molar-refractivity contribution in [3.63, 3.8) is 0 Å². The van der Waals surface area contributed by atoms with Crippen LogP contribution < -0.4 is 10.6 Å². The molecule has 8 rings (SSSR count). The summed E-state index contributed by atoms with van der Waals surface area (Å²) in [6.07, 6.45) is 8.86. The van der Waals surface area contributed by atoms with Crippen LogP contribution in [0.25, 0.3) is 10.9 Å². The van der Waals surface area contributed by atoms with Crippen molar-refractivity contribution >= 4 is 45.9 Å². The summed E-state index contributed by atoms with van der Waals surface area (Å²) in [5.41, 5.74) is 5.04. The minimum Gasteiger partial charge on any atom is -0.385 e. The summed E-state index contributed by atoms with van der Waals surface area (Å²) < 4.78 is 2.31. The molecule has 1 saturated heterocycles. The second-order valence-corrected chi connectivity index (χ2v) is 13.5. The number of rotatable bonds is 8. The molecule has 5 aliphatic rings. The van der Waals surface area contributed by atoms with Crippen LogP contribution in [-0.2, 0) is 9.59 Å². The highest BCUT2D eigenvalue weighted by Crippen LogP contribution is 2.44. The molecule has 0 spiro atoms. The van der Waals surface area contributed by atoms with E-state index in [0.717, 1.165) is 42.2 Å². The van der Waals surface area contributed by atoms with Crippen molar-refractivity contribution in [2.75, 3.05) is 18.4 Å². The molecule has 4 amide bonds. The maximum absolute atomic E-state index is 13.2. The van der Waals surface area contributed by atoms with E-state index < -0.39 is 23.8 Å². The number of hydrogen-bond acceptors (Lipinski definition) is 8. The summed E-state index contributed by atoms with van der Waals surface area (Å²) in [4.78, 5) is 56.0. The van der Waals surface area contributed by atoms with Crippen LogP contribution in [0.2, 0.25) is 0 Å². The Kier molecular flexibility index (Phi) is 6.54. The molecule has 2 saturated carbocycles. The molecule has 11 nitrogen and oxygen atoms in total. The molecule has 3 aliphatic heterocycles. The normalized spacial score (nSPS) is 26.4. The Hall–Kier alpha value is -4.54. The van der Waals surface area contributed by atoms with Gasteiger partial charge in [-0.1, -0.05) is 0 Å². The largest absolute Gasteiger partial charge is 0.385 e. The van der Waals surface area contributed by atoms with Gasteiger partial charge in [-0.2, -0.15) is 5.10 Å². The van der Waals surface area contributed by atoms with Crippen LogP contribution in [0, 0.1) is 11.8 Å². The highest BCUT2D eigenvalue weighted by molar-refractivity contribution is 6.23. The number of pyridine rings is 1. The number of nitrogens with zero attached hydrogens (tertiary/aromatic N) is 5. The summed E-state index contributed by atoms with van der Waals surface area (Å²) in [6, 6.07) is 9.32. The second kappa shape index (κ2) is 10.5. The third-order valence-electron chi connectivity index (χ3n) is 10.2. The predicted molar refractivity (Wildman–Crippen MR) is 168 cm³/mol. The second-order valence-electron chi connectivity index (χ2n) is 13.5. The maximum atomic E-state index is 13.2. The average Bonchev–Trinajstić information content (AvgIpc) is 3.51. The number of carbonyl (C=O) groups excluding carboxylic acids is 4. The summed E-state index contributed by atoms with van der Waals surface area (Å²) in [6.45, 7) is 6.05. The lowest BCUT2D eigenvalue weighted by atomic mass is 9.79. The van der Waals surface area contributed by atoms with Crippen molar-refractivity contribution in [3.8, 4) is 0 Å². The molecule has 3 aromatic rings. The molecule has 45 heavy (non-hydrogen) atoms. The van der Waals surface area contributed by atoms with Crippen LogP contribution in [-0.4, -0.2) is 74.0 Å². The molecule has 0 bridgehead atoms. The number of hydrogen-bond donors (Lipinski definition) is 2. The van der Waals surface area contributed by atoms with E-state index in [0.29, 0.717) is 29.5 Å². The first-order valence-electron chi connectivity index (χ1n) is 16.2. The molecule has 2 aliphatic carbocycles. The highest BCUT2D eigenvalue weighted by atomic mass is 16.2. The standard InChI is InChI=1S/C34H37N7O4/c1-18(2)39-12-10-24-27(39)9-11-35-31(24)26-17-40(38-30(26)20-3-4-20)22-13-19(14-22)16-36-21-5-6-23-25(15-21)34(45)41(33(23)44)28-7-8-29(42)37-32(28)43/h5-6,9-12,15,18-20,22,26,28,36H,3-4,7-8,13-14,16-17H2,1-2H3,(H,37,42,43). The molecule has 1 aromatic carbocycles. The zero-order chi connectivity index (χ0) is 31.0. The summed E-state index contributed by atoms with van der Waals surface area (Å²) in [5.74, 6) is -0.692. The zero-order valence-corrected chi connectivity index (χ0v) is 25.5. The fourth-order valence-electron chi connectivity index (χ4n) is 7.53. The Labute approximate surface area is 261 Å². The van der Waals surface area contributed by atoms with Gasteiger partial charge in [0.05, 0.1) is 40.5 Å². The number of fused-ring (bicyclic) bond motifs is 2. The van der Waals surface area contributed by atoms with Gasteiger partial charge in [0.25, 0.3) is 11.8 Å². The highest BCUT2D eigenvalue weighted by Gasteiger charge is 2.46. The molecule has 2 aromatic heterocycles. The molecule has 2 atom stereocenters. The van der Waals surface area contributed by atoms with Gasteiger partial charge in [0.2, 0.25) is 11.8 Å². The Morgan fingerprint density at radius 2 is 1.80 bits per heavy atom. The van der Waals surface area contributed by atoms with Gasteiger partial charge >= 0.3 is 0 Å². The molecular weight excluding hydrogens is 570 g/mol. The van der Waals surface area contributed by atoms with Crippen LogP contribution in [0.4, 0.5) is 5.69 Å². The van der Waals surface area contributed by atoms with E-state index in [-0.39, 0.29) is 30.2 Å². The SMILES string of the molecule is CC(C)n1ccc2c(C3CN(C4CC(CNc5ccc6c(c5)C(=O)N(C5CCC(=O)NC5=O)C6=O)C4)N=C3C3CC3)nccc21. The van der Waals surface area contributed by atoms with Gasteiger partial charge in [0.15, 0.2) is 0 Å². The number of anilines is 1. The molecule has 3 fully saturated rings. The third kappa shape index (κ3) is 4.71. The zero-order valence-electron chi connectivity index (χ0n) is 25.5. The Morgan fingerprint density at radius 1 is 1.00 bits per heavy atom. The molecule has 5 heterocycles. The van der Waals surface area contributed by atoms with Crippen molar-refractivity contribution < 1.29 is 19.2 Å². The predicted octanol–water partition coefficient (Wildman–Crippen LogP) is 4.07. The number of aromatic nitrogens is 2. The van der Waals surface area contributed by atoms with Gasteiger partial charge in [0.1, 0.15) is 6.04 Å². The van der Waals surface area contributed by atoms with Crippen molar-refractivity contribution in [2.24, 2.45) is 16.9 Å². The number of benzene rings is 1. The van der Waals surface area contributed by atoms with E-state index in [1.165, 1.54) is 29.5 Å². The fraction of sp³-hybridized carbons (Fsp3) is 0.471. The summed E-state index contributed by atoms with van der Waals surface area (Å²) in [7, 11) is 0. The monoisotopic (exact) mass is 607 g/mol. The van der Waals surface area contributed by atoms with E-state index in [1.807, 2.05) is 12.3 Å². The maximum Gasteiger partial charge on any atom is 0.262 e. The Morgan fingerprint density at radius 3 is 2.56 bits per heavy atom. The number of carbonyl (C=O) groups is 4. The number of piperidine rings is 1. The van der Waals surface area contributed by atoms with Gasteiger partial charge < -0.3 is 9.88 Å². The smallest absolute Gasteiger partial charge is 0.262 e. The van der Waals surface area contributed by atoms with Gasteiger partial charge in [-0.25, -0.2) is 0 Å². The molecule has 2 unspecified atom stereocenters. The van der Waals surface area contributed by atoms with Crippen LogP contribution in [0.1, 0.15) is 90.7 Å². The van der Waals surface area contributed by atoms with E-state index in [2.05, 4.69) is 52.4 Å². The fourth-order valence-corrected chi connectivity index (χ4v) is 7.53. The first kappa shape index (κ1) is 28.0. The van der Waals surface area contributed by atoms with E-state index >= 15 is 0 Å². The van der Waals surface area contributed by atoms with Crippen LogP contribution in [0.3, 0.4) is 0 Å². The van der Waals surface area contributed by atoms with Gasteiger partial charge in [-0.3, -0.25) is 39.4 Å². The molecule has 2 N–H and O–H groups in total. The Balaban J connectivity index is 0.903. The molecule has 0 radical (unpaired) electrons. The third-order valence-corrected chi connectivity index (χ3v) is 10.2. The summed E-state index contributed by atoms with van der Waals surface area (Å²) >= 11 is 0. The summed E-state index contributed by atoms with van der Waals surface area (Å²) in [5, 5.41) is 14.5. The lowest BCUT2D eigenvalue weighted by Gasteiger charge is -2.40. The van der Waals surface area contributed by atoms with E-state index in [4.69, 9.17) is 10.1 Å². The molecular formula is C34H37N7O4. The Bertz CT molecular complexity index is 1780. The van der Waals surface area contributed by atoms with Crippen molar-refractivity contribution in [1.82, 2.24) is 24.8 Å². The number of hydrazone groups is 1. The van der Waals surface area contributed by atoms with Crippen molar-refractivity contribution in [1.29, 1.82) is 0 Å². The topological polar surface area (TPSA) is 129 Å². The lowest BCUT2D eigenvalue weighted by molar-refractivity contribution is -0.136. The molecule has 11 heteroatoms. The van der Waals surface area contributed by atoms with Crippen molar-refractivity contribution in [2.45, 2.75) is 76.4 Å². The average molecular weight is 608 g/mol. The lowest BCUT2D eigenvalue weighted by Crippen LogP contribution is -2.54. The van der Waals surface area contributed by atoms with Gasteiger partial charge in [0, 0.05) is 48.5 Å². The van der Waals surface area contributed by atoms with Crippen LogP contribution in [0.15, 0.2) is 47.8 Å². The quantitative estimate of drug-likeness (QED) is 0.370. The minimum atomic E-state index is -0.962. The minimum absolute atomic E-state index is 0.101. The first-order chi connectivity index (χ1) is 21.8. The van der Waals surface area contributed by atoms with E-state index in [1.54, 1.807) is 12.1 Å².